The van der Waals surface area contributed by atoms with Gasteiger partial charge >= 0.3 is 0 Å². The highest BCUT2D eigenvalue weighted by molar-refractivity contribution is 6.39. The van der Waals surface area contributed by atoms with Crippen molar-refractivity contribution in [3.63, 3.8) is 0 Å². The highest BCUT2D eigenvalue weighted by Crippen LogP contribution is 2.36. The molecule has 1 amide bonds. The first kappa shape index (κ1) is 16.4. The summed E-state index contributed by atoms with van der Waals surface area (Å²) in [5, 5.41) is 15.3. The summed E-state index contributed by atoms with van der Waals surface area (Å²) < 4.78 is 0. The predicted octanol–water partition coefficient (Wildman–Crippen LogP) is 4.08. The first-order valence-corrected chi connectivity index (χ1v) is 8.83. The van der Waals surface area contributed by atoms with Crippen LogP contribution in [0.3, 0.4) is 0 Å². The molecule has 1 aliphatic rings. The largest absolute Gasteiger partial charge is 0.316 e. The summed E-state index contributed by atoms with van der Waals surface area (Å²) in [5.74, 6) is 0.490. The van der Waals surface area contributed by atoms with E-state index in [0.717, 1.165) is 35.0 Å². The number of H-pyrrole nitrogens is 1. The smallest absolute Gasteiger partial charge is 0.230 e. The molecule has 3 N–H and O–H groups in total. The first-order valence-electron chi connectivity index (χ1n) is 8.07. The van der Waals surface area contributed by atoms with Crippen LogP contribution in [0.2, 0.25) is 10.0 Å². The monoisotopic (exact) mass is 374 g/mol. The van der Waals surface area contributed by atoms with Gasteiger partial charge in [-0.05, 0) is 42.8 Å². The number of halogens is 2. The molecule has 128 valence electrons. The van der Waals surface area contributed by atoms with Crippen molar-refractivity contribution in [2.24, 2.45) is 5.92 Å². The summed E-state index contributed by atoms with van der Waals surface area (Å²) in [6, 6.07) is 11.2. The zero-order valence-corrected chi connectivity index (χ0v) is 14.8. The number of aromatic amines is 1. The molecule has 0 bridgehead atoms. The number of rotatable bonds is 3. The Kier molecular flexibility index (Phi) is 4.37. The lowest BCUT2D eigenvalue weighted by Gasteiger charge is -2.09. The Morgan fingerprint density at radius 3 is 2.72 bits per heavy atom. The fraction of sp³-hybridized carbons (Fsp3) is 0.222. The van der Waals surface area contributed by atoms with Gasteiger partial charge in [0.15, 0.2) is 5.82 Å². The highest BCUT2D eigenvalue weighted by Gasteiger charge is 2.23. The molecule has 1 aliphatic heterocycles. The number of hydrogen-bond acceptors (Lipinski definition) is 3. The van der Waals surface area contributed by atoms with Crippen molar-refractivity contribution in [1.82, 2.24) is 15.5 Å². The lowest BCUT2D eigenvalue weighted by atomic mass is 10.0. The third kappa shape index (κ3) is 3.11. The Labute approximate surface area is 154 Å². The van der Waals surface area contributed by atoms with Gasteiger partial charge in [0.2, 0.25) is 5.91 Å². The number of carbonyl (C=O) groups is 1. The normalized spacial score (nSPS) is 17.1. The van der Waals surface area contributed by atoms with Crippen molar-refractivity contribution in [2.45, 2.75) is 6.42 Å². The molecule has 2 heterocycles. The van der Waals surface area contributed by atoms with Crippen molar-refractivity contribution in [3.05, 3.63) is 46.4 Å². The lowest BCUT2D eigenvalue weighted by molar-refractivity contribution is -0.119. The molecule has 0 aliphatic carbocycles. The van der Waals surface area contributed by atoms with Crippen LogP contribution in [0.4, 0.5) is 5.82 Å². The van der Waals surface area contributed by atoms with E-state index in [1.54, 1.807) is 12.1 Å². The second kappa shape index (κ2) is 6.67. The molecule has 3 aromatic rings. The highest BCUT2D eigenvalue weighted by atomic mass is 35.5. The van der Waals surface area contributed by atoms with Crippen LogP contribution >= 0.6 is 23.2 Å². The minimum Gasteiger partial charge on any atom is -0.316 e. The van der Waals surface area contributed by atoms with Crippen molar-refractivity contribution >= 4 is 45.8 Å². The van der Waals surface area contributed by atoms with Crippen LogP contribution in [-0.2, 0) is 4.79 Å². The molecular formula is C18H16Cl2N4O. The zero-order valence-electron chi connectivity index (χ0n) is 13.3. The van der Waals surface area contributed by atoms with E-state index < -0.39 is 0 Å². The van der Waals surface area contributed by atoms with E-state index in [9.17, 15) is 4.79 Å². The molecule has 1 aromatic heterocycles. The summed E-state index contributed by atoms with van der Waals surface area (Å²) in [4.78, 5) is 12.4. The number of nitrogens with one attached hydrogen (secondary N) is 3. The quantitative estimate of drug-likeness (QED) is 0.646. The maximum atomic E-state index is 12.4. The van der Waals surface area contributed by atoms with Crippen molar-refractivity contribution in [3.8, 4) is 11.1 Å². The number of fused-ring (bicyclic) bond motifs is 1. The molecule has 1 fully saturated rings. The van der Waals surface area contributed by atoms with Crippen LogP contribution in [0, 0.1) is 5.92 Å². The molecule has 2 aromatic carbocycles. The lowest BCUT2D eigenvalue weighted by Crippen LogP contribution is -2.24. The van der Waals surface area contributed by atoms with E-state index in [0.29, 0.717) is 22.4 Å². The van der Waals surface area contributed by atoms with Gasteiger partial charge in [-0.3, -0.25) is 9.89 Å². The van der Waals surface area contributed by atoms with E-state index >= 15 is 0 Å². The number of carbonyl (C=O) groups excluding carboxylic acids is 1. The average molecular weight is 375 g/mol. The molecule has 1 atom stereocenters. The van der Waals surface area contributed by atoms with Crippen LogP contribution in [0.5, 0.6) is 0 Å². The summed E-state index contributed by atoms with van der Waals surface area (Å²) in [5.41, 5.74) is 2.49. The van der Waals surface area contributed by atoms with Gasteiger partial charge in [-0.2, -0.15) is 5.10 Å². The van der Waals surface area contributed by atoms with E-state index in [1.807, 2.05) is 24.3 Å². The van der Waals surface area contributed by atoms with Gasteiger partial charge in [0.1, 0.15) is 0 Å². The molecule has 4 rings (SSSR count). The van der Waals surface area contributed by atoms with Crippen molar-refractivity contribution < 1.29 is 4.79 Å². The predicted molar refractivity (Wildman–Crippen MR) is 101 cm³/mol. The second-order valence-electron chi connectivity index (χ2n) is 6.11. The average Bonchev–Trinajstić information content (AvgIpc) is 3.25. The van der Waals surface area contributed by atoms with Crippen LogP contribution in [0.25, 0.3) is 22.0 Å². The van der Waals surface area contributed by atoms with Crippen molar-refractivity contribution in [2.75, 3.05) is 18.4 Å². The van der Waals surface area contributed by atoms with Crippen molar-refractivity contribution in [1.29, 1.82) is 0 Å². The Morgan fingerprint density at radius 1 is 1.20 bits per heavy atom. The topological polar surface area (TPSA) is 69.8 Å². The first-order chi connectivity index (χ1) is 12.1. The summed E-state index contributed by atoms with van der Waals surface area (Å²) in [6.45, 7) is 1.57. The van der Waals surface area contributed by atoms with Crippen LogP contribution in [-0.4, -0.2) is 29.2 Å². The standard InChI is InChI=1S/C18H16Cl2N4O/c19-13-2-1-3-14(20)16(13)10-4-5-15-12(8-10)17(24-23-15)22-18(25)11-6-7-21-9-11/h1-5,8,11,21H,6-7,9H2,(H2,22,23,24,25)/t11-/m1/s1. The summed E-state index contributed by atoms with van der Waals surface area (Å²) >= 11 is 12.6. The Hall–Kier alpha value is -2.08. The van der Waals surface area contributed by atoms with E-state index in [2.05, 4.69) is 20.8 Å². The number of anilines is 1. The van der Waals surface area contributed by atoms with E-state index in [-0.39, 0.29) is 11.8 Å². The fourth-order valence-electron chi connectivity index (χ4n) is 3.14. The van der Waals surface area contributed by atoms with Gasteiger partial charge in [-0.15, -0.1) is 0 Å². The van der Waals surface area contributed by atoms with Gasteiger partial charge in [0, 0.05) is 27.5 Å². The fourth-order valence-corrected chi connectivity index (χ4v) is 3.75. The Morgan fingerprint density at radius 2 is 2.00 bits per heavy atom. The van der Waals surface area contributed by atoms with Crippen LogP contribution in [0.1, 0.15) is 6.42 Å². The molecule has 0 radical (unpaired) electrons. The molecule has 7 heteroatoms. The molecule has 0 unspecified atom stereocenters. The number of nitrogens with zero attached hydrogens (tertiary/aromatic N) is 1. The van der Waals surface area contributed by atoms with Gasteiger partial charge < -0.3 is 10.6 Å². The maximum absolute atomic E-state index is 12.4. The number of amides is 1. The number of aromatic nitrogens is 2. The van der Waals surface area contributed by atoms with Gasteiger partial charge in [0.05, 0.1) is 11.4 Å². The molecule has 0 spiro atoms. The van der Waals surface area contributed by atoms with E-state index in [4.69, 9.17) is 23.2 Å². The SMILES string of the molecule is O=C(Nc1n[nH]c2ccc(-c3c(Cl)cccc3Cl)cc12)[C@@H]1CCNC1. The zero-order chi connectivity index (χ0) is 17.4. The minimum atomic E-state index is -0.0204. The molecule has 25 heavy (non-hydrogen) atoms. The Bertz CT molecular complexity index is 927. The summed E-state index contributed by atoms with van der Waals surface area (Å²) in [6.07, 6.45) is 0.842. The van der Waals surface area contributed by atoms with Gasteiger partial charge in [0.25, 0.3) is 0 Å². The van der Waals surface area contributed by atoms with Crippen LogP contribution < -0.4 is 10.6 Å². The third-order valence-electron chi connectivity index (χ3n) is 4.49. The number of hydrogen-bond donors (Lipinski definition) is 3. The summed E-state index contributed by atoms with van der Waals surface area (Å²) in [7, 11) is 0. The van der Waals surface area contributed by atoms with Gasteiger partial charge in [-0.1, -0.05) is 35.3 Å². The molecule has 0 saturated carbocycles. The number of benzene rings is 2. The maximum Gasteiger partial charge on any atom is 0.230 e. The molecule has 5 nitrogen and oxygen atoms in total. The third-order valence-corrected chi connectivity index (χ3v) is 5.12. The van der Waals surface area contributed by atoms with E-state index in [1.165, 1.54) is 0 Å². The minimum absolute atomic E-state index is 0.0143. The van der Waals surface area contributed by atoms with Crippen LogP contribution in [0.15, 0.2) is 36.4 Å². The molecule has 1 saturated heterocycles. The molecular weight excluding hydrogens is 359 g/mol. The van der Waals surface area contributed by atoms with Gasteiger partial charge in [-0.25, -0.2) is 0 Å². The Balaban J connectivity index is 1.71. The second-order valence-corrected chi connectivity index (χ2v) is 6.92.